The Balaban J connectivity index is 2.18. The van der Waals surface area contributed by atoms with Gasteiger partial charge in [-0.3, -0.25) is 14.0 Å². The third kappa shape index (κ3) is 2.82. The average Bonchev–Trinajstić information content (AvgIpc) is 2.90. The average molecular weight is 344 g/mol. The van der Waals surface area contributed by atoms with Crippen molar-refractivity contribution in [1.82, 2.24) is 9.38 Å². The summed E-state index contributed by atoms with van der Waals surface area (Å²) in [6.45, 7) is 8.13. The number of aromatic nitrogens is 2. The number of thiazole rings is 1. The molecule has 1 atom stereocenters. The lowest BCUT2D eigenvalue weighted by Gasteiger charge is -2.11. The van der Waals surface area contributed by atoms with Gasteiger partial charge in [0.15, 0.2) is 4.96 Å². The second-order valence-electron chi connectivity index (χ2n) is 6.09. The first kappa shape index (κ1) is 16.6. The van der Waals surface area contributed by atoms with E-state index in [0.717, 1.165) is 21.5 Å². The number of carbonyl (C=O) groups is 1. The molecule has 0 saturated heterocycles. The van der Waals surface area contributed by atoms with Crippen LogP contribution in [0, 0.1) is 0 Å². The fraction of sp³-hybridized carbons (Fsp3) is 0.389. The molecule has 6 heteroatoms. The van der Waals surface area contributed by atoms with Crippen molar-refractivity contribution in [1.29, 1.82) is 0 Å². The SMILES string of the molecule is CCOC(=O)C(C)c1ccc2c(c1)sc1nc(=O)cc(C(C)C)n12. The maximum absolute atomic E-state index is 12.0. The van der Waals surface area contributed by atoms with Crippen molar-refractivity contribution < 1.29 is 9.53 Å². The van der Waals surface area contributed by atoms with Gasteiger partial charge in [0.25, 0.3) is 5.56 Å². The fourth-order valence-electron chi connectivity index (χ4n) is 2.78. The molecule has 5 nitrogen and oxygen atoms in total. The molecule has 0 aliphatic rings. The molecule has 3 aromatic rings. The van der Waals surface area contributed by atoms with Crippen molar-refractivity contribution >= 4 is 32.5 Å². The van der Waals surface area contributed by atoms with Crippen LogP contribution in [0.2, 0.25) is 0 Å². The molecule has 0 bridgehead atoms. The zero-order chi connectivity index (χ0) is 17.4. The Hall–Kier alpha value is -2.21. The number of rotatable bonds is 4. The van der Waals surface area contributed by atoms with Gasteiger partial charge in [-0.25, -0.2) is 0 Å². The van der Waals surface area contributed by atoms with E-state index in [1.165, 1.54) is 11.3 Å². The summed E-state index contributed by atoms with van der Waals surface area (Å²) in [6, 6.07) is 7.52. The molecule has 1 unspecified atom stereocenters. The Bertz CT molecular complexity index is 971. The van der Waals surface area contributed by atoms with Gasteiger partial charge in [-0.2, -0.15) is 4.98 Å². The highest BCUT2D eigenvalue weighted by Crippen LogP contribution is 2.31. The molecule has 0 aliphatic heterocycles. The summed E-state index contributed by atoms with van der Waals surface area (Å²) < 4.78 is 8.14. The van der Waals surface area contributed by atoms with Gasteiger partial charge in [-0.15, -0.1) is 0 Å². The molecular formula is C18H20N2O3S. The second-order valence-corrected chi connectivity index (χ2v) is 7.10. The summed E-state index contributed by atoms with van der Waals surface area (Å²) >= 11 is 1.46. The summed E-state index contributed by atoms with van der Waals surface area (Å²) in [4.78, 5) is 28.6. The molecule has 2 aromatic heterocycles. The van der Waals surface area contributed by atoms with Crippen LogP contribution < -0.4 is 5.56 Å². The third-order valence-corrected chi connectivity index (χ3v) is 5.09. The number of esters is 1. The normalized spacial score (nSPS) is 12.9. The number of benzene rings is 1. The lowest BCUT2D eigenvalue weighted by molar-refractivity contribution is -0.144. The van der Waals surface area contributed by atoms with Gasteiger partial charge in [0.2, 0.25) is 0 Å². The van der Waals surface area contributed by atoms with E-state index in [9.17, 15) is 9.59 Å². The number of hydrogen-bond donors (Lipinski definition) is 0. The van der Waals surface area contributed by atoms with E-state index >= 15 is 0 Å². The molecule has 0 saturated carbocycles. The van der Waals surface area contributed by atoms with Crippen LogP contribution in [-0.4, -0.2) is 22.0 Å². The van der Waals surface area contributed by atoms with E-state index < -0.39 is 0 Å². The Labute approximate surface area is 143 Å². The molecular weight excluding hydrogens is 324 g/mol. The van der Waals surface area contributed by atoms with Crippen molar-refractivity contribution in [3.63, 3.8) is 0 Å². The first-order chi connectivity index (χ1) is 11.4. The van der Waals surface area contributed by atoms with Crippen LogP contribution in [0.4, 0.5) is 0 Å². The minimum atomic E-state index is -0.322. The van der Waals surface area contributed by atoms with E-state index in [1.807, 2.05) is 29.5 Å². The predicted molar refractivity (Wildman–Crippen MR) is 96.0 cm³/mol. The fourth-order valence-corrected chi connectivity index (χ4v) is 3.87. The highest BCUT2D eigenvalue weighted by molar-refractivity contribution is 7.23. The minimum absolute atomic E-state index is 0.212. The predicted octanol–water partition coefficient (Wildman–Crippen LogP) is 3.70. The number of nitrogens with zero attached hydrogens (tertiary/aromatic N) is 2. The first-order valence-corrected chi connectivity index (χ1v) is 8.86. The van der Waals surface area contributed by atoms with Gasteiger partial charge in [0.05, 0.1) is 22.7 Å². The lowest BCUT2D eigenvalue weighted by atomic mass is 10.0. The van der Waals surface area contributed by atoms with Crippen LogP contribution in [0.25, 0.3) is 15.2 Å². The molecule has 0 fully saturated rings. The van der Waals surface area contributed by atoms with Gasteiger partial charge in [0.1, 0.15) is 0 Å². The van der Waals surface area contributed by atoms with Crippen LogP contribution in [0.1, 0.15) is 50.8 Å². The largest absolute Gasteiger partial charge is 0.466 e. The second kappa shape index (κ2) is 6.36. The van der Waals surface area contributed by atoms with Crippen LogP contribution >= 0.6 is 11.3 Å². The summed E-state index contributed by atoms with van der Waals surface area (Å²) in [5, 5.41) is 0. The number of fused-ring (bicyclic) bond motifs is 3. The topological polar surface area (TPSA) is 60.7 Å². The zero-order valence-corrected chi connectivity index (χ0v) is 15.0. The highest BCUT2D eigenvalue weighted by atomic mass is 32.1. The van der Waals surface area contributed by atoms with Crippen molar-refractivity contribution in [3.05, 3.63) is 45.9 Å². The molecule has 0 spiro atoms. The quantitative estimate of drug-likeness (QED) is 0.677. The van der Waals surface area contributed by atoms with Gasteiger partial charge in [0, 0.05) is 11.8 Å². The van der Waals surface area contributed by atoms with Gasteiger partial charge in [-0.05, 0) is 37.5 Å². The molecule has 24 heavy (non-hydrogen) atoms. The Morgan fingerprint density at radius 1 is 1.29 bits per heavy atom. The minimum Gasteiger partial charge on any atom is -0.466 e. The Morgan fingerprint density at radius 3 is 2.71 bits per heavy atom. The van der Waals surface area contributed by atoms with Crippen LogP contribution in [0.3, 0.4) is 0 Å². The van der Waals surface area contributed by atoms with Crippen LogP contribution in [0.5, 0.6) is 0 Å². The molecule has 0 aliphatic carbocycles. The summed E-state index contributed by atoms with van der Waals surface area (Å²) in [7, 11) is 0. The van der Waals surface area contributed by atoms with Crippen LogP contribution in [-0.2, 0) is 9.53 Å². The summed E-state index contributed by atoms with van der Waals surface area (Å²) in [5.74, 6) is -0.338. The third-order valence-electron chi connectivity index (χ3n) is 4.08. The smallest absolute Gasteiger partial charge is 0.313 e. The van der Waals surface area contributed by atoms with E-state index in [-0.39, 0.29) is 23.4 Å². The monoisotopic (exact) mass is 344 g/mol. The molecule has 1 aromatic carbocycles. The van der Waals surface area contributed by atoms with Crippen molar-refractivity contribution in [2.45, 2.75) is 39.5 Å². The standard InChI is InChI=1S/C18H20N2O3S/c1-5-23-17(22)11(4)12-6-7-13-15(8-12)24-18-19-16(21)9-14(10(2)3)20(13)18/h6-11H,5H2,1-4H3. The Morgan fingerprint density at radius 2 is 2.04 bits per heavy atom. The van der Waals surface area contributed by atoms with Gasteiger partial charge < -0.3 is 4.74 Å². The molecule has 0 N–H and O–H groups in total. The number of hydrogen-bond acceptors (Lipinski definition) is 5. The van der Waals surface area contributed by atoms with Gasteiger partial charge in [-0.1, -0.05) is 31.3 Å². The van der Waals surface area contributed by atoms with E-state index in [0.29, 0.717) is 11.6 Å². The number of ether oxygens (including phenoxy) is 1. The lowest BCUT2D eigenvalue weighted by Crippen LogP contribution is -2.13. The zero-order valence-electron chi connectivity index (χ0n) is 14.2. The van der Waals surface area contributed by atoms with Crippen molar-refractivity contribution in [3.8, 4) is 0 Å². The maximum atomic E-state index is 12.0. The van der Waals surface area contributed by atoms with Gasteiger partial charge >= 0.3 is 5.97 Å². The molecule has 2 heterocycles. The summed E-state index contributed by atoms with van der Waals surface area (Å²) in [6.07, 6.45) is 0. The van der Waals surface area contributed by atoms with Crippen LogP contribution in [0.15, 0.2) is 29.1 Å². The Kier molecular flexibility index (Phi) is 4.41. The molecule has 0 amide bonds. The molecule has 3 rings (SSSR count). The maximum Gasteiger partial charge on any atom is 0.313 e. The first-order valence-electron chi connectivity index (χ1n) is 8.05. The van der Waals surface area contributed by atoms with E-state index in [4.69, 9.17) is 4.74 Å². The number of carbonyl (C=O) groups excluding carboxylic acids is 1. The van der Waals surface area contributed by atoms with E-state index in [2.05, 4.69) is 18.8 Å². The van der Waals surface area contributed by atoms with Crippen molar-refractivity contribution in [2.75, 3.05) is 6.61 Å². The van der Waals surface area contributed by atoms with Crippen molar-refractivity contribution in [2.24, 2.45) is 0 Å². The summed E-state index contributed by atoms with van der Waals surface area (Å²) in [5.41, 5.74) is 2.64. The van der Waals surface area contributed by atoms with E-state index in [1.54, 1.807) is 13.0 Å². The highest BCUT2D eigenvalue weighted by Gasteiger charge is 2.19. The molecule has 126 valence electrons. The molecule has 0 radical (unpaired) electrons.